The second-order valence-corrected chi connectivity index (χ2v) is 6.03. The van der Waals surface area contributed by atoms with Gasteiger partial charge in [0.15, 0.2) is 0 Å². The molecular formula is C16H22N4O2S. The molecule has 0 aliphatic rings. The van der Waals surface area contributed by atoms with Crippen LogP contribution in [0.25, 0.3) is 0 Å². The average Bonchev–Trinajstić information content (AvgIpc) is 2.51. The van der Waals surface area contributed by atoms with E-state index in [2.05, 4.69) is 16.7 Å². The second kappa shape index (κ2) is 10.6. The molecule has 0 aromatic heterocycles. The number of amides is 2. The number of carbonyl (C=O) groups is 2. The van der Waals surface area contributed by atoms with Crippen LogP contribution in [-0.4, -0.2) is 49.1 Å². The molecule has 0 bridgehead atoms. The van der Waals surface area contributed by atoms with Crippen molar-refractivity contribution in [2.75, 3.05) is 37.8 Å². The summed E-state index contributed by atoms with van der Waals surface area (Å²) < 4.78 is 0. The van der Waals surface area contributed by atoms with Gasteiger partial charge in [-0.05, 0) is 25.6 Å². The Kier molecular flexibility index (Phi) is 8.80. The van der Waals surface area contributed by atoms with Crippen LogP contribution < -0.4 is 10.6 Å². The van der Waals surface area contributed by atoms with Crippen molar-refractivity contribution < 1.29 is 9.59 Å². The first kappa shape index (κ1) is 19.0. The third kappa shape index (κ3) is 7.68. The fourth-order valence-corrected chi connectivity index (χ4v) is 2.53. The molecule has 0 unspecified atom stereocenters. The first-order valence-corrected chi connectivity index (χ1v) is 8.39. The van der Waals surface area contributed by atoms with Gasteiger partial charge in [0.25, 0.3) is 0 Å². The number of para-hydroxylation sites is 1. The lowest BCUT2D eigenvalue weighted by Gasteiger charge is -2.16. The largest absolute Gasteiger partial charge is 0.355 e. The van der Waals surface area contributed by atoms with Crippen molar-refractivity contribution in [1.82, 2.24) is 10.2 Å². The Bertz CT molecular complexity index is 571. The highest BCUT2D eigenvalue weighted by molar-refractivity contribution is 7.99. The van der Waals surface area contributed by atoms with Crippen molar-refractivity contribution >= 4 is 29.3 Å². The van der Waals surface area contributed by atoms with E-state index in [0.29, 0.717) is 18.0 Å². The summed E-state index contributed by atoms with van der Waals surface area (Å²) in [5.74, 6) is 0.0395. The van der Waals surface area contributed by atoms with E-state index < -0.39 is 0 Å². The Morgan fingerprint density at radius 1 is 1.26 bits per heavy atom. The number of nitrogens with one attached hydrogen (secondary N) is 2. The van der Waals surface area contributed by atoms with Crippen molar-refractivity contribution in [1.29, 1.82) is 5.26 Å². The lowest BCUT2D eigenvalue weighted by molar-refractivity contribution is -0.122. The van der Waals surface area contributed by atoms with Crippen LogP contribution in [0.2, 0.25) is 0 Å². The van der Waals surface area contributed by atoms with Gasteiger partial charge in [0.05, 0.1) is 30.6 Å². The molecule has 0 heterocycles. The number of nitriles is 1. The molecule has 124 valence electrons. The quantitative estimate of drug-likeness (QED) is 0.671. The minimum Gasteiger partial charge on any atom is -0.355 e. The van der Waals surface area contributed by atoms with Gasteiger partial charge in [-0.15, -0.1) is 11.8 Å². The summed E-state index contributed by atoms with van der Waals surface area (Å²) >= 11 is 1.37. The van der Waals surface area contributed by atoms with E-state index in [-0.39, 0.29) is 24.9 Å². The van der Waals surface area contributed by atoms with Gasteiger partial charge in [-0.3, -0.25) is 14.5 Å². The number of benzene rings is 1. The van der Waals surface area contributed by atoms with E-state index >= 15 is 0 Å². The first-order chi connectivity index (χ1) is 11.1. The van der Waals surface area contributed by atoms with Crippen molar-refractivity contribution in [2.45, 2.75) is 18.2 Å². The summed E-state index contributed by atoms with van der Waals surface area (Å²) in [5.41, 5.74) is 0.682. The number of anilines is 1. The molecule has 2 N–H and O–H groups in total. The number of nitrogens with zero attached hydrogens (tertiary/aromatic N) is 2. The van der Waals surface area contributed by atoms with Gasteiger partial charge in [-0.1, -0.05) is 19.1 Å². The summed E-state index contributed by atoms with van der Waals surface area (Å²) in [7, 11) is 1.72. The number of hydrogen-bond acceptors (Lipinski definition) is 5. The van der Waals surface area contributed by atoms with Crippen molar-refractivity contribution in [3.63, 3.8) is 0 Å². The zero-order valence-electron chi connectivity index (χ0n) is 13.5. The van der Waals surface area contributed by atoms with Gasteiger partial charge in [0.1, 0.15) is 0 Å². The predicted molar refractivity (Wildman–Crippen MR) is 92.2 cm³/mol. The van der Waals surface area contributed by atoms with Crippen LogP contribution in [0, 0.1) is 11.3 Å². The molecule has 7 heteroatoms. The van der Waals surface area contributed by atoms with Crippen LogP contribution in [0.4, 0.5) is 5.69 Å². The molecule has 0 atom stereocenters. The maximum Gasteiger partial charge on any atom is 0.238 e. The molecule has 0 fully saturated rings. The van der Waals surface area contributed by atoms with Crippen molar-refractivity contribution in [2.24, 2.45) is 0 Å². The van der Waals surface area contributed by atoms with Gasteiger partial charge >= 0.3 is 0 Å². The van der Waals surface area contributed by atoms with Crippen LogP contribution in [-0.2, 0) is 9.59 Å². The topological polar surface area (TPSA) is 85.2 Å². The summed E-state index contributed by atoms with van der Waals surface area (Å²) in [6.45, 7) is 2.93. The molecule has 1 aromatic carbocycles. The van der Waals surface area contributed by atoms with Gasteiger partial charge in [0.2, 0.25) is 11.8 Å². The Hall–Kier alpha value is -2.04. The molecular weight excluding hydrogens is 312 g/mol. The number of likely N-dealkylation sites (N-methyl/N-ethyl adjacent to an activating group) is 1. The normalized spacial score (nSPS) is 10.2. The van der Waals surface area contributed by atoms with E-state index in [1.807, 2.05) is 25.1 Å². The highest BCUT2D eigenvalue weighted by Crippen LogP contribution is 2.26. The standard InChI is InChI=1S/C16H22N4O2S/c1-3-9-18-15(21)11-20(2)12-16(22)19-13-6-4-5-7-14(13)23-10-8-17/h4-7H,3,9-12H2,1-2H3,(H,18,21)(H,19,22). The zero-order chi connectivity index (χ0) is 17.1. The summed E-state index contributed by atoms with van der Waals surface area (Å²) in [6.07, 6.45) is 0.882. The number of carbonyl (C=O) groups excluding carboxylic acids is 2. The zero-order valence-corrected chi connectivity index (χ0v) is 14.3. The third-order valence-corrected chi connectivity index (χ3v) is 3.79. The van der Waals surface area contributed by atoms with E-state index in [0.717, 1.165) is 11.3 Å². The van der Waals surface area contributed by atoms with E-state index in [9.17, 15) is 9.59 Å². The van der Waals surface area contributed by atoms with Gasteiger partial charge in [0, 0.05) is 11.4 Å². The Labute approximate surface area is 141 Å². The van der Waals surface area contributed by atoms with E-state index in [4.69, 9.17) is 5.26 Å². The van der Waals surface area contributed by atoms with Crippen LogP contribution in [0.15, 0.2) is 29.2 Å². The summed E-state index contributed by atoms with van der Waals surface area (Å²) in [5, 5.41) is 14.3. The first-order valence-electron chi connectivity index (χ1n) is 7.40. The van der Waals surface area contributed by atoms with Crippen LogP contribution in [0.1, 0.15) is 13.3 Å². The lowest BCUT2D eigenvalue weighted by atomic mass is 10.3. The molecule has 1 aromatic rings. The minimum absolute atomic E-state index is 0.0906. The van der Waals surface area contributed by atoms with Crippen LogP contribution in [0.5, 0.6) is 0 Å². The highest BCUT2D eigenvalue weighted by atomic mass is 32.2. The van der Waals surface area contributed by atoms with Crippen molar-refractivity contribution in [3.8, 4) is 6.07 Å². The van der Waals surface area contributed by atoms with Gasteiger partial charge < -0.3 is 10.6 Å². The van der Waals surface area contributed by atoms with E-state index in [1.54, 1.807) is 18.0 Å². The molecule has 1 rings (SSSR count). The maximum atomic E-state index is 12.1. The fourth-order valence-electron chi connectivity index (χ4n) is 1.86. The Morgan fingerprint density at radius 2 is 1.96 bits per heavy atom. The monoisotopic (exact) mass is 334 g/mol. The lowest BCUT2D eigenvalue weighted by Crippen LogP contribution is -2.39. The Morgan fingerprint density at radius 3 is 2.65 bits per heavy atom. The number of hydrogen-bond donors (Lipinski definition) is 2. The van der Waals surface area contributed by atoms with Gasteiger partial charge in [-0.2, -0.15) is 5.26 Å². The molecule has 0 aliphatic heterocycles. The van der Waals surface area contributed by atoms with Crippen LogP contribution in [0.3, 0.4) is 0 Å². The SMILES string of the molecule is CCCNC(=O)CN(C)CC(=O)Nc1ccccc1SCC#N. The number of thioether (sulfide) groups is 1. The maximum absolute atomic E-state index is 12.1. The van der Waals surface area contributed by atoms with E-state index in [1.165, 1.54) is 11.8 Å². The van der Waals surface area contributed by atoms with Crippen molar-refractivity contribution in [3.05, 3.63) is 24.3 Å². The highest BCUT2D eigenvalue weighted by Gasteiger charge is 2.12. The molecule has 0 spiro atoms. The molecule has 0 saturated heterocycles. The molecule has 23 heavy (non-hydrogen) atoms. The summed E-state index contributed by atoms with van der Waals surface area (Å²) in [6, 6.07) is 9.41. The number of rotatable bonds is 9. The summed E-state index contributed by atoms with van der Waals surface area (Å²) in [4.78, 5) is 26.2. The molecule has 0 saturated carbocycles. The predicted octanol–water partition coefficient (Wildman–Crippen LogP) is 1.70. The fraction of sp³-hybridized carbons (Fsp3) is 0.438. The van der Waals surface area contributed by atoms with Crippen LogP contribution >= 0.6 is 11.8 Å². The minimum atomic E-state index is -0.194. The molecule has 6 nitrogen and oxygen atoms in total. The third-order valence-electron chi connectivity index (χ3n) is 2.85. The molecule has 0 radical (unpaired) electrons. The smallest absolute Gasteiger partial charge is 0.238 e. The average molecular weight is 334 g/mol. The second-order valence-electron chi connectivity index (χ2n) is 5.01. The molecule has 0 aliphatic carbocycles. The van der Waals surface area contributed by atoms with Gasteiger partial charge in [-0.25, -0.2) is 0 Å². The molecule has 2 amide bonds. The Balaban J connectivity index is 2.50.